The Balaban J connectivity index is 2.17. The van der Waals surface area contributed by atoms with Crippen LogP contribution in [0.25, 0.3) is 0 Å². The molecule has 0 saturated carbocycles. The Hall–Kier alpha value is -1.59. The van der Waals surface area contributed by atoms with E-state index >= 15 is 0 Å². The second kappa shape index (κ2) is 5.42. The zero-order valence-corrected chi connectivity index (χ0v) is 13.1. The van der Waals surface area contributed by atoms with E-state index < -0.39 is 0 Å². The van der Waals surface area contributed by atoms with Crippen LogP contribution in [0.3, 0.4) is 0 Å². The Labute approximate surface area is 127 Å². The first-order valence-electron chi connectivity index (χ1n) is 6.10. The maximum atomic E-state index is 12.1. The number of nitrogen functional groups attached to an aromatic ring is 1. The summed E-state index contributed by atoms with van der Waals surface area (Å²) < 4.78 is 0. The lowest BCUT2D eigenvalue weighted by Crippen LogP contribution is -2.14. The van der Waals surface area contributed by atoms with E-state index in [2.05, 4.69) is 31.1 Å². The van der Waals surface area contributed by atoms with Gasteiger partial charge in [0.15, 0.2) is 5.13 Å². The fourth-order valence-corrected chi connectivity index (χ4v) is 2.76. The Bertz CT molecular complexity index is 646. The average Bonchev–Trinajstić information content (AvgIpc) is 2.76. The largest absolute Gasteiger partial charge is 0.399 e. The van der Waals surface area contributed by atoms with Gasteiger partial charge >= 0.3 is 0 Å². The number of hydrogen-bond acceptors (Lipinski definition) is 4. The number of carbonyl (C=O) groups excluding carboxylic acids is 1. The van der Waals surface area contributed by atoms with Crippen molar-refractivity contribution in [3.05, 3.63) is 39.9 Å². The summed E-state index contributed by atoms with van der Waals surface area (Å²) in [5.41, 5.74) is 7.41. The molecule has 1 heterocycles. The van der Waals surface area contributed by atoms with Crippen molar-refractivity contribution in [2.75, 3.05) is 11.1 Å². The van der Waals surface area contributed by atoms with Crippen LogP contribution in [-0.2, 0) is 5.41 Å². The van der Waals surface area contributed by atoms with E-state index in [1.54, 1.807) is 18.2 Å². The molecule has 0 fully saturated rings. The first kappa shape index (κ1) is 14.8. The third-order valence-corrected chi connectivity index (χ3v) is 3.80. The molecule has 106 valence electrons. The highest BCUT2D eigenvalue weighted by Crippen LogP contribution is 2.27. The van der Waals surface area contributed by atoms with Crippen LogP contribution in [0.5, 0.6) is 0 Å². The first-order valence-corrected chi connectivity index (χ1v) is 7.35. The molecule has 0 atom stereocenters. The highest BCUT2D eigenvalue weighted by atomic mass is 35.5. The van der Waals surface area contributed by atoms with Crippen molar-refractivity contribution < 1.29 is 4.79 Å². The number of anilines is 2. The number of aromatic nitrogens is 1. The number of thiazole rings is 1. The summed E-state index contributed by atoms with van der Waals surface area (Å²) in [6, 6.07) is 4.80. The molecule has 1 amide bonds. The summed E-state index contributed by atoms with van der Waals surface area (Å²) >= 11 is 7.41. The van der Waals surface area contributed by atoms with Gasteiger partial charge in [-0.1, -0.05) is 32.4 Å². The van der Waals surface area contributed by atoms with Crippen molar-refractivity contribution in [3.63, 3.8) is 0 Å². The maximum Gasteiger partial charge on any atom is 0.258 e. The number of nitrogens with two attached hydrogens (primary N) is 1. The van der Waals surface area contributed by atoms with E-state index in [0.717, 1.165) is 5.69 Å². The number of halogens is 1. The summed E-state index contributed by atoms with van der Waals surface area (Å²) in [6.07, 6.45) is 0. The second-order valence-electron chi connectivity index (χ2n) is 5.48. The summed E-state index contributed by atoms with van der Waals surface area (Å²) in [6.45, 7) is 6.22. The summed E-state index contributed by atoms with van der Waals surface area (Å²) in [5, 5.41) is 5.59. The van der Waals surface area contributed by atoms with E-state index in [0.29, 0.717) is 21.4 Å². The number of hydrogen-bond donors (Lipinski definition) is 2. The summed E-state index contributed by atoms with van der Waals surface area (Å²) in [5.74, 6) is -0.287. The van der Waals surface area contributed by atoms with Crippen molar-refractivity contribution in [1.29, 1.82) is 0 Å². The molecule has 4 nitrogen and oxygen atoms in total. The Morgan fingerprint density at radius 3 is 2.65 bits per heavy atom. The quantitative estimate of drug-likeness (QED) is 0.826. The summed E-state index contributed by atoms with van der Waals surface area (Å²) in [4.78, 5) is 16.5. The Kier molecular flexibility index (Phi) is 4.01. The molecular weight excluding hydrogens is 294 g/mol. The molecule has 20 heavy (non-hydrogen) atoms. The number of carbonyl (C=O) groups is 1. The lowest BCUT2D eigenvalue weighted by molar-refractivity contribution is 0.102. The van der Waals surface area contributed by atoms with Gasteiger partial charge < -0.3 is 5.73 Å². The topological polar surface area (TPSA) is 68.0 Å². The number of nitrogens with zero attached hydrogens (tertiary/aromatic N) is 1. The van der Waals surface area contributed by atoms with E-state index in [9.17, 15) is 4.79 Å². The minimum Gasteiger partial charge on any atom is -0.399 e. The van der Waals surface area contributed by atoms with Gasteiger partial charge in [-0.25, -0.2) is 4.98 Å². The minimum atomic E-state index is -0.287. The Morgan fingerprint density at radius 1 is 1.40 bits per heavy atom. The monoisotopic (exact) mass is 309 g/mol. The molecule has 0 spiro atoms. The van der Waals surface area contributed by atoms with Gasteiger partial charge in [0.05, 0.1) is 16.3 Å². The molecule has 0 aliphatic rings. The number of rotatable bonds is 2. The number of benzene rings is 1. The average molecular weight is 310 g/mol. The lowest BCUT2D eigenvalue weighted by atomic mass is 9.93. The van der Waals surface area contributed by atoms with Crippen molar-refractivity contribution in [2.24, 2.45) is 0 Å². The van der Waals surface area contributed by atoms with Gasteiger partial charge in [0.1, 0.15) is 0 Å². The minimum absolute atomic E-state index is 0.0433. The highest BCUT2D eigenvalue weighted by molar-refractivity contribution is 7.14. The SMILES string of the molecule is CC(C)(C)c1csc(NC(=O)c2ccc(N)cc2Cl)n1. The van der Waals surface area contributed by atoms with E-state index in [1.807, 2.05) is 5.38 Å². The van der Waals surface area contributed by atoms with Crippen LogP contribution in [-0.4, -0.2) is 10.9 Å². The van der Waals surface area contributed by atoms with Crippen molar-refractivity contribution in [1.82, 2.24) is 4.98 Å². The zero-order chi connectivity index (χ0) is 14.9. The molecule has 0 radical (unpaired) electrons. The molecule has 2 aromatic rings. The van der Waals surface area contributed by atoms with Crippen LogP contribution in [0.15, 0.2) is 23.6 Å². The van der Waals surface area contributed by atoms with Crippen LogP contribution in [0, 0.1) is 0 Å². The second-order valence-corrected chi connectivity index (χ2v) is 6.75. The van der Waals surface area contributed by atoms with Crippen molar-refractivity contribution in [2.45, 2.75) is 26.2 Å². The highest BCUT2D eigenvalue weighted by Gasteiger charge is 2.19. The fourth-order valence-electron chi connectivity index (χ4n) is 1.56. The maximum absolute atomic E-state index is 12.1. The van der Waals surface area contributed by atoms with Gasteiger partial charge in [0.25, 0.3) is 5.91 Å². The molecular formula is C14H16ClN3OS. The third-order valence-electron chi connectivity index (χ3n) is 2.73. The van der Waals surface area contributed by atoms with Gasteiger partial charge in [0, 0.05) is 16.5 Å². The molecule has 0 aliphatic carbocycles. The molecule has 2 rings (SSSR count). The predicted octanol–water partition coefficient (Wildman–Crippen LogP) is 3.93. The molecule has 0 unspecified atom stereocenters. The third kappa shape index (κ3) is 3.29. The molecule has 6 heteroatoms. The van der Waals surface area contributed by atoms with Gasteiger partial charge in [-0.3, -0.25) is 10.1 Å². The molecule has 1 aromatic carbocycles. The van der Waals surface area contributed by atoms with Crippen LogP contribution >= 0.6 is 22.9 Å². The molecule has 0 bridgehead atoms. The number of amides is 1. The zero-order valence-electron chi connectivity index (χ0n) is 11.5. The molecule has 3 N–H and O–H groups in total. The Morgan fingerprint density at radius 2 is 2.10 bits per heavy atom. The van der Waals surface area contributed by atoms with Gasteiger partial charge in [0.2, 0.25) is 0 Å². The smallest absolute Gasteiger partial charge is 0.258 e. The van der Waals surface area contributed by atoms with Crippen LogP contribution < -0.4 is 11.1 Å². The van der Waals surface area contributed by atoms with Gasteiger partial charge in [-0.05, 0) is 18.2 Å². The van der Waals surface area contributed by atoms with Crippen molar-refractivity contribution >= 4 is 39.7 Å². The van der Waals surface area contributed by atoms with E-state index in [1.165, 1.54) is 11.3 Å². The summed E-state index contributed by atoms with van der Waals surface area (Å²) in [7, 11) is 0. The van der Waals surface area contributed by atoms with Crippen LogP contribution in [0.1, 0.15) is 36.8 Å². The van der Waals surface area contributed by atoms with E-state index in [4.69, 9.17) is 17.3 Å². The molecule has 0 aliphatic heterocycles. The van der Waals surface area contributed by atoms with Gasteiger partial charge in [-0.15, -0.1) is 11.3 Å². The normalized spacial score (nSPS) is 11.4. The lowest BCUT2D eigenvalue weighted by Gasteiger charge is -2.14. The fraction of sp³-hybridized carbons (Fsp3) is 0.286. The molecule has 1 aromatic heterocycles. The first-order chi connectivity index (χ1) is 9.27. The number of nitrogens with one attached hydrogen (secondary N) is 1. The van der Waals surface area contributed by atoms with Gasteiger partial charge in [-0.2, -0.15) is 0 Å². The van der Waals surface area contributed by atoms with Crippen molar-refractivity contribution in [3.8, 4) is 0 Å². The molecule has 0 saturated heterocycles. The van der Waals surface area contributed by atoms with Crippen LogP contribution in [0.2, 0.25) is 5.02 Å². The van der Waals surface area contributed by atoms with Crippen LogP contribution in [0.4, 0.5) is 10.8 Å². The standard InChI is InChI=1S/C14H16ClN3OS/c1-14(2,3)11-7-20-13(17-11)18-12(19)9-5-4-8(16)6-10(9)15/h4-7H,16H2,1-3H3,(H,17,18,19). The predicted molar refractivity (Wildman–Crippen MR) is 84.6 cm³/mol. The van der Waals surface area contributed by atoms with E-state index in [-0.39, 0.29) is 11.3 Å².